The maximum absolute atomic E-state index is 11.7. The summed E-state index contributed by atoms with van der Waals surface area (Å²) < 4.78 is 22.6. The van der Waals surface area contributed by atoms with E-state index in [9.17, 15) is 13.2 Å². The summed E-state index contributed by atoms with van der Waals surface area (Å²) >= 11 is 1.25. The Bertz CT molecular complexity index is 613. The monoisotopic (exact) mass is 387 g/mol. The number of sulfone groups is 1. The molecule has 1 amide bonds. The standard InChI is InChI=1S/C19H33NO3S2/c1-15(2)8-6-9-16(3)10-7-11-17(4)12-13-24-19(14-18(20)21)25(5,22)23/h8,10,12,19H,6-7,9,11,13-14H2,1-5H3,(H2,20,21). The van der Waals surface area contributed by atoms with Gasteiger partial charge in [0, 0.05) is 12.0 Å². The third-order valence-electron chi connectivity index (χ3n) is 3.68. The number of carbonyl (C=O) groups is 1. The van der Waals surface area contributed by atoms with Crippen LogP contribution in [0, 0.1) is 0 Å². The Balaban J connectivity index is 4.32. The molecule has 0 aromatic heterocycles. The highest BCUT2D eigenvalue weighted by Gasteiger charge is 2.22. The zero-order valence-electron chi connectivity index (χ0n) is 16.2. The first-order chi connectivity index (χ1) is 11.5. The van der Waals surface area contributed by atoms with Gasteiger partial charge in [-0.1, -0.05) is 34.9 Å². The first kappa shape index (κ1) is 24.0. The van der Waals surface area contributed by atoms with Crippen LogP contribution in [0.2, 0.25) is 0 Å². The van der Waals surface area contributed by atoms with Crippen molar-refractivity contribution < 1.29 is 13.2 Å². The maximum atomic E-state index is 11.7. The summed E-state index contributed by atoms with van der Waals surface area (Å²) in [7, 11) is -3.28. The summed E-state index contributed by atoms with van der Waals surface area (Å²) in [5.41, 5.74) is 9.11. The highest BCUT2D eigenvalue weighted by atomic mass is 32.3. The lowest BCUT2D eigenvalue weighted by molar-refractivity contribution is -0.117. The van der Waals surface area contributed by atoms with E-state index in [1.807, 2.05) is 6.08 Å². The highest BCUT2D eigenvalue weighted by molar-refractivity contribution is 8.13. The van der Waals surface area contributed by atoms with Gasteiger partial charge in [-0.15, -0.1) is 11.8 Å². The van der Waals surface area contributed by atoms with Gasteiger partial charge in [0.05, 0.1) is 6.42 Å². The first-order valence-electron chi connectivity index (χ1n) is 8.55. The lowest BCUT2D eigenvalue weighted by Crippen LogP contribution is -2.24. The molecule has 4 nitrogen and oxygen atoms in total. The molecule has 6 heteroatoms. The minimum Gasteiger partial charge on any atom is -0.370 e. The minimum atomic E-state index is -3.28. The topological polar surface area (TPSA) is 77.2 Å². The number of thioether (sulfide) groups is 1. The summed E-state index contributed by atoms with van der Waals surface area (Å²) in [5.74, 6) is -0.0162. The van der Waals surface area contributed by atoms with Gasteiger partial charge in [0.2, 0.25) is 5.91 Å². The van der Waals surface area contributed by atoms with Crippen molar-refractivity contribution in [3.63, 3.8) is 0 Å². The molecule has 0 saturated carbocycles. The smallest absolute Gasteiger partial charge is 0.219 e. The van der Waals surface area contributed by atoms with Crippen molar-refractivity contribution in [2.24, 2.45) is 5.73 Å². The largest absolute Gasteiger partial charge is 0.370 e. The average molecular weight is 388 g/mol. The molecule has 144 valence electrons. The van der Waals surface area contributed by atoms with Gasteiger partial charge in [0.15, 0.2) is 9.84 Å². The number of hydrogen-bond acceptors (Lipinski definition) is 4. The van der Waals surface area contributed by atoms with Crippen LogP contribution in [0.5, 0.6) is 0 Å². The second-order valence-electron chi connectivity index (χ2n) is 6.72. The van der Waals surface area contributed by atoms with Crippen molar-refractivity contribution in [2.45, 2.75) is 64.4 Å². The van der Waals surface area contributed by atoms with Gasteiger partial charge >= 0.3 is 0 Å². The van der Waals surface area contributed by atoms with Crippen LogP contribution in [-0.4, -0.2) is 30.9 Å². The molecule has 25 heavy (non-hydrogen) atoms. The molecule has 0 spiro atoms. The second kappa shape index (κ2) is 12.4. The number of primary amides is 1. The second-order valence-corrected chi connectivity index (χ2v) is 10.5. The van der Waals surface area contributed by atoms with Crippen LogP contribution < -0.4 is 5.73 Å². The van der Waals surface area contributed by atoms with E-state index >= 15 is 0 Å². The fraction of sp³-hybridized carbons (Fsp3) is 0.632. The van der Waals surface area contributed by atoms with Crippen LogP contribution >= 0.6 is 11.8 Å². The Morgan fingerprint density at radius 1 is 1.00 bits per heavy atom. The van der Waals surface area contributed by atoms with Gasteiger partial charge in [-0.2, -0.15) is 0 Å². The predicted octanol–water partition coefficient (Wildman–Crippen LogP) is 4.38. The van der Waals surface area contributed by atoms with Gasteiger partial charge in [0.1, 0.15) is 4.58 Å². The molecule has 2 N–H and O–H groups in total. The minimum absolute atomic E-state index is 0.135. The van der Waals surface area contributed by atoms with Gasteiger partial charge in [-0.3, -0.25) is 4.79 Å². The van der Waals surface area contributed by atoms with E-state index in [-0.39, 0.29) is 6.42 Å². The quantitative estimate of drug-likeness (QED) is 0.504. The number of allylic oxidation sites excluding steroid dienone is 5. The summed E-state index contributed by atoms with van der Waals surface area (Å²) in [6.45, 7) is 8.44. The van der Waals surface area contributed by atoms with Crippen LogP contribution in [0.4, 0.5) is 0 Å². The Morgan fingerprint density at radius 3 is 2.00 bits per heavy atom. The number of amides is 1. The molecule has 1 unspecified atom stereocenters. The highest BCUT2D eigenvalue weighted by Crippen LogP contribution is 2.21. The summed E-state index contributed by atoms with van der Waals surface area (Å²) in [4.78, 5) is 11.0. The van der Waals surface area contributed by atoms with Crippen molar-refractivity contribution in [1.29, 1.82) is 0 Å². The molecule has 0 saturated heterocycles. The molecular formula is C19H33NO3S2. The van der Waals surface area contributed by atoms with E-state index in [1.54, 1.807) is 0 Å². The van der Waals surface area contributed by atoms with Gasteiger partial charge in [0.25, 0.3) is 0 Å². The fourth-order valence-electron chi connectivity index (χ4n) is 2.13. The van der Waals surface area contributed by atoms with Crippen molar-refractivity contribution in [1.82, 2.24) is 0 Å². The Hall–Kier alpha value is -1.01. The molecule has 0 bridgehead atoms. The SMILES string of the molecule is CC(C)=CCCC(C)=CCCC(C)=CCSC(CC(N)=O)S(C)(=O)=O. The van der Waals surface area contributed by atoms with E-state index in [0.29, 0.717) is 5.75 Å². The molecule has 0 fully saturated rings. The molecule has 1 atom stereocenters. The van der Waals surface area contributed by atoms with E-state index in [2.05, 4.69) is 39.8 Å². The molecule has 0 aromatic carbocycles. The predicted molar refractivity (Wildman–Crippen MR) is 110 cm³/mol. The van der Waals surface area contributed by atoms with Crippen molar-refractivity contribution in [3.8, 4) is 0 Å². The van der Waals surface area contributed by atoms with Gasteiger partial charge in [-0.05, 0) is 53.4 Å². The summed E-state index contributed by atoms with van der Waals surface area (Å²) in [6, 6.07) is 0. The molecule has 0 heterocycles. The lowest BCUT2D eigenvalue weighted by Gasteiger charge is -2.11. The average Bonchev–Trinajstić information content (AvgIpc) is 2.44. The molecule has 0 rings (SSSR count). The molecule has 0 radical (unpaired) electrons. The van der Waals surface area contributed by atoms with E-state index in [0.717, 1.165) is 31.9 Å². The summed E-state index contributed by atoms with van der Waals surface area (Å²) in [6.07, 6.45) is 11.7. The lowest BCUT2D eigenvalue weighted by atomic mass is 10.1. The zero-order valence-corrected chi connectivity index (χ0v) is 17.8. The number of hydrogen-bond donors (Lipinski definition) is 1. The third-order valence-corrected chi connectivity index (χ3v) is 7.16. The summed E-state index contributed by atoms with van der Waals surface area (Å²) in [5, 5.41) is 0. The van der Waals surface area contributed by atoms with Gasteiger partial charge in [-0.25, -0.2) is 8.42 Å². The van der Waals surface area contributed by atoms with E-state index in [4.69, 9.17) is 5.73 Å². The van der Waals surface area contributed by atoms with E-state index < -0.39 is 20.3 Å². The molecule has 0 aliphatic carbocycles. The van der Waals surface area contributed by atoms with E-state index in [1.165, 1.54) is 28.5 Å². The fourth-order valence-corrected chi connectivity index (χ4v) is 4.70. The maximum Gasteiger partial charge on any atom is 0.219 e. The number of carbonyl (C=O) groups excluding carboxylic acids is 1. The van der Waals surface area contributed by atoms with Crippen LogP contribution in [0.25, 0.3) is 0 Å². The number of rotatable bonds is 12. The molecule has 0 aliphatic heterocycles. The zero-order chi connectivity index (χ0) is 19.5. The Morgan fingerprint density at radius 2 is 1.52 bits per heavy atom. The van der Waals surface area contributed by atoms with Crippen LogP contribution in [0.3, 0.4) is 0 Å². The van der Waals surface area contributed by atoms with Crippen LogP contribution in [0.1, 0.15) is 59.8 Å². The first-order valence-corrected chi connectivity index (χ1v) is 11.6. The Labute approximate surface area is 157 Å². The molecule has 0 aromatic rings. The van der Waals surface area contributed by atoms with Crippen molar-refractivity contribution in [2.75, 3.05) is 12.0 Å². The van der Waals surface area contributed by atoms with Crippen molar-refractivity contribution in [3.05, 3.63) is 34.9 Å². The van der Waals surface area contributed by atoms with Crippen LogP contribution in [-0.2, 0) is 14.6 Å². The molecular weight excluding hydrogens is 354 g/mol. The molecule has 0 aliphatic rings. The Kier molecular flexibility index (Phi) is 11.9. The number of nitrogens with two attached hydrogens (primary N) is 1. The van der Waals surface area contributed by atoms with Crippen molar-refractivity contribution >= 4 is 27.5 Å². The van der Waals surface area contributed by atoms with Gasteiger partial charge < -0.3 is 5.73 Å². The normalized spacial score (nSPS) is 14.3. The third kappa shape index (κ3) is 13.9. The van der Waals surface area contributed by atoms with Crippen LogP contribution in [0.15, 0.2) is 34.9 Å².